The van der Waals surface area contributed by atoms with E-state index in [1.165, 1.54) is 4.90 Å². The average Bonchev–Trinajstić information content (AvgIpc) is 2.46. The van der Waals surface area contributed by atoms with Crippen LogP contribution in [0.1, 0.15) is 27.7 Å². The summed E-state index contributed by atoms with van der Waals surface area (Å²) in [5.74, 6) is 0.132. The Morgan fingerprint density at radius 2 is 1.82 bits per heavy atom. The van der Waals surface area contributed by atoms with Gasteiger partial charge >= 0.3 is 0 Å². The first-order valence-electron chi connectivity index (χ1n) is 7.30. The number of rotatable bonds is 7. The van der Waals surface area contributed by atoms with Gasteiger partial charge in [-0.2, -0.15) is 0 Å². The van der Waals surface area contributed by atoms with Gasteiger partial charge in [0, 0.05) is 18.1 Å². The van der Waals surface area contributed by atoms with E-state index in [0.29, 0.717) is 23.9 Å². The molecule has 0 unspecified atom stereocenters. The van der Waals surface area contributed by atoms with Crippen molar-refractivity contribution in [3.8, 4) is 5.75 Å². The minimum Gasteiger partial charge on any atom is -0.478 e. The lowest BCUT2D eigenvalue weighted by Crippen LogP contribution is -2.51. The Bertz CT molecular complexity index is 515. The molecule has 1 aromatic rings. The molecule has 0 aliphatic heterocycles. The van der Waals surface area contributed by atoms with Gasteiger partial charge in [-0.1, -0.05) is 11.6 Å². The molecule has 5 nitrogen and oxygen atoms in total. The zero-order valence-electron chi connectivity index (χ0n) is 13.5. The van der Waals surface area contributed by atoms with Gasteiger partial charge in [0.05, 0.1) is 6.54 Å². The van der Waals surface area contributed by atoms with E-state index in [1.807, 2.05) is 13.8 Å². The van der Waals surface area contributed by atoms with Crippen molar-refractivity contribution in [3.63, 3.8) is 0 Å². The van der Waals surface area contributed by atoms with E-state index in [4.69, 9.17) is 16.3 Å². The third-order valence-electron chi connectivity index (χ3n) is 3.08. The maximum absolute atomic E-state index is 12.6. The number of halogens is 1. The van der Waals surface area contributed by atoms with Crippen LogP contribution in [0.25, 0.3) is 0 Å². The Morgan fingerprint density at radius 1 is 1.23 bits per heavy atom. The minimum atomic E-state index is -1.07. The van der Waals surface area contributed by atoms with Crippen LogP contribution in [0.4, 0.5) is 0 Å². The van der Waals surface area contributed by atoms with Gasteiger partial charge < -0.3 is 15.0 Å². The fourth-order valence-electron chi connectivity index (χ4n) is 1.98. The van der Waals surface area contributed by atoms with Crippen LogP contribution in [0.15, 0.2) is 24.3 Å². The average molecular weight is 327 g/mol. The molecule has 0 atom stereocenters. The first-order chi connectivity index (χ1) is 10.3. The molecule has 122 valence electrons. The fourth-order valence-corrected chi connectivity index (χ4v) is 2.10. The number of hydrogen-bond donors (Lipinski definition) is 1. The van der Waals surface area contributed by atoms with Gasteiger partial charge in [-0.25, -0.2) is 0 Å². The highest BCUT2D eigenvalue weighted by Crippen LogP contribution is 2.22. The minimum absolute atomic E-state index is 0.0244. The Balaban J connectivity index is 2.78. The summed E-state index contributed by atoms with van der Waals surface area (Å²) in [6.07, 6.45) is 0. The molecular weight excluding hydrogens is 304 g/mol. The topological polar surface area (TPSA) is 58.6 Å². The Labute approximate surface area is 136 Å². The molecule has 22 heavy (non-hydrogen) atoms. The summed E-state index contributed by atoms with van der Waals surface area (Å²) < 4.78 is 5.76. The lowest BCUT2D eigenvalue weighted by Gasteiger charge is -2.31. The third kappa shape index (κ3) is 5.22. The second-order valence-corrected chi connectivity index (χ2v) is 5.78. The molecule has 1 N–H and O–H groups in total. The second-order valence-electron chi connectivity index (χ2n) is 5.34. The molecule has 0 saturated carbocycles. The van der Waals surface area contributed by atoms with Crippen LogP contribution in [-0.4, -0.2) is 41.9 Å². The summed E-state index contributed by atoms with van der Waals surface area (Å²) in [4.78, 5) is 25.8. The van der Waals surface area contributed by atoms with Crippen LogP contribution in [-0.2, 0) is 9.59 Å². The Kier molecular flexibility index (Phi) is 6.68. The summed E-state index contributed by atoms with van der Waals surface area (Å²) in [5.41, 5.74) is -1.07. The van der Waals surface area contributed by atoms with Gasteiger partial charge in [0.2, 0.25) is 5.91 Å². The van der Waals surface area contributed by atoms with Crippen molar-refractivity contribution in [2.75, 3.05) is 19.6 Å². The Hall–Kier alpha value is -1.75. The summed E-state index contributed by atoms with van der Waals surface area (Å²) in [7, 11) is 0. The number of hydrogen-bond acceptors (Lipinski definition) is 3. The monoisotopic (exact) mass is 326 g/mol. The molecule has 0 heterocycles. The molecule has 0 bridgehead atoms. The van der Waals surface area contributed by atoms with Crippen molar-refractivity contribution in [1.29, 1.82) is 0 Å². The van der Waals surface area contributed by atoms with Crippen molar-refractivity contribution in [1.82, 2.24) is 10.2 Å². The van der Waals surface area contributed by atoms with Gasteiger partial charge in [0.1, 0.15) is 5.75 Å². The highest BCUT2D eigenvalue weighted by atomic mass is 35.5. The predicted molar refractivity (Wildman–Crippen MR) is 87.1 cm³/mol. The summed E-state index contributed by atoms with van der Waals surface area (Å²) in [6, 6.07) is 6.81. The molecule has 0 aliphatic rings. The summed E-state index contributed by atoms with van der Waals surface area (Å²) in [6.45, 7) is 8.03. The van der Waals surface area contributed by atoms with Crippen molar-refractivity contribution in [3.05, 3.63) is 29.3 Å². The van der Waals surface area contributed by atoms with Crippen LogP contribution in [0.3, 0.4) is 0 Å². The molecule has 2 amide bonds. The summed E-state index contributed by atoms with van der Waals surface area (Å²) in [5, 5.41) is 3.28. The molecule has 0 saturated heterocycles. The van der Waals surface area contributed by atoms with Crippen molar-refractivity contribution in [2.24, 2.45) is 0 Å². The maximum Gasteiger partial charge on any atom is 0.266 e. The van der Waals surface area contributed by atoms with E-state index in [1.54, 1.807) is 38.1 Å². The van der Waals surface area contributed by atoms with E-state index in [9.17, 15) is 9.59 Å². The fraction of sp³-hybridized carbons (Fsp3) is 0.500. The van der Waals surface area contributed by atoms with Gasteiger partial charge in [-0.15, -0.1) is 0 Å². The van der Waals surface area contributed by atoms with E-state index < -0.39 is 5.60 Å². The molecule has 0 aliphatic carbocycles. The van der Waals surface area contributed by atoms with Crippen LogP contribution in [0.5, 0.6) is 5.75 Å². The maximum atomic E-state index is 12.6. The normalized spacial score (nSPS) is 11.0. The highest BCUT2D eigenvalue weighted by Gasteiger charge is 2.34. The smallest absolute Gasteiger partial charge is 0.266 e. The highest BCUT2D eigenvalue weighted by molar-refractivity contribution is 6.30. The lowest BCUT2D eigenvalue weighted by molar-refractivity contribution is -0.147. The van der Waals surface area contributed by atoms with E-state index in [2.05, 4.69) is 5.32 Å². The van der Waals surface area contributed by atoms with Crippen LogP contribution in [0, 0.1) is 0 Å². The standard InChI is InChI=1S/C16H23ClN2O3/c1-5-18-14(20)11-19(6-2)15(21)16(3,4)22-13-9-7-12(17)8-10-13/h7-10H,5-6,11H2,1-4H3,(H,18,20). The number of carbonyl (C=O) groups is 2. The predicted octanol–water partition coefficient (Wildman–Crippen LogP) is 2.48. The van der Waals surface area contributed by atoms with Gasteiger partial charge in [0.25, 0.3) is 5.91 Å². The number of nitrogens with zero attached hydrogens (tertiary/aromatic N) is 1. The molecule has 0 spiro atoms. The largest absolute Gasteiger partial charge is 0.478 e. The van der Waals surface area contributed by atoms with Crippen LogP contribution >= 0.6 is 11.6 Å². The van der Waals surface area contributed by atoms with E-state index >= 15 is 0 Å². The molecular formula is C16H23ClN2O3. The number of ether oxygens (including phenoxy) is 1. The van der Waals surface area contributed by atoms with Crippen LogP contribution in [0.2, 0.25) is 5.02 Å². The van der Waals surface area contributed by atoms with Crippen LogP contribution < -0.4 is 10.1 Å². The zero-order chi connectivity index (χ0) is 16.8. The van der Waals surface area contributed by atoms with Crippen molar-refractivity contribution < 1.29 is 14.3 Å². The Morgan fingerprint density at radius 3 is 2.32 bits per heavy atom. The number of benzene rings is 1. The number of carbonyl (C=O) groups excluding carboxylic acids is 2. The lowest BCUT2D eigenvalue weighted by atomic mass is 10.1. The quantitative estimate of drug-likeness (QED) is 0.837. The molecule has 0 radical (unpaired) electrons. The second kappa shape index (κ2) is 8.03. The summed E-state index contributed by atoms with van der Waals surface area (Å²) >= 11 is 5.83. The molecule has 1 aromatic carbocycles. The van der Waals surface area contributed by atoms with Gasteiger partial charge in [-0.05, 0) is 52.0 Å². The molecule has 6 heteroatoms. The van der Waals surface area contributed by atoms with E-state index in [-0.39, 0.29) is 18.4 Å². The van der Waals surface area contributed by atoms with Crippen molar-refractivity contribution in [2.45, 2.75) is 33.3 Å². The van der Waals surface area contributed by atoms with Gasteiger partial charge in [0.15, 0.2) is 5.60 Å². The van der Waals surface area contributed by atoms with Crippen molar-refractivity contribution >= 4 is 23.4 Å². The van der Waals surface area contributed by atoms with E-state index in [0.717, 1.165) is 0 Å². The number of nitrogens with one attached hydrogen (secondary N) is 1. The van der Waals surface area contributed by atoms with Gasteiger partial charge in [-0.3, -0.25) is 9.59 Å². The molecule has 1 rings (SSSR count). The molecule has 0 aromatic heterocycles. The number of likely N-dealkylation sites (N-methyl/N-ethyl adjacent to an activating group) is 2. The number of amides is 2. The zero-order valence-corrected chi connectivity index (χ0v) is 14.2. The SMILES string of the molecule is CCNC(=O)CN(CC)C(=O)C(C)(C)Oc1ccc(Cl)cc1. The molecule has 0 fully saturated rings. The first-order valence-corrected chi connectivity index (χ1v) is 7.68. The first kappa shape index (κ1) is 18.3. The third-order valence-corrected chi connectivity index (χ3v) is 3.33.